The van der Waals surface area contributed by atoms with Crippen molar-refractivity contribution in [1.82, 2.24) is 19.8 Å². The van der Waals surface area contributed by atoms with E-state index in [4.69, 9.17) is 9.15 Å². The van der Waals surface area contributed by atoms with Crippen molar-refractivity contribution in [3.63, 3.8) is 0 Å². The number of aromatic nitrogens is 2. The Hall–Kier alpha value is -3.65. The molecule has 0 radical (unpaired) electrons. The minimum Gasteiger partial charge on any atom is -0.497 e. The van der Waals surface area contributed by atoms with Crippen molar-refractivity contribution >= 4 is 28.0 Å². The van der Waals surface area contributed by atoms with Crippen LogP contribution in [-0.2, 0) is 11.3 Å². The third-order valence-electron chi connectivity index (χ3n) is 6.22. The van der Waals surface area contributed by atoms with E-state index in [-0.39, 0.29) is 29.6 Å². The standard InChI is InChI=1S/C25H26N4O4/c1-32-18-8-6-7-17(13-18)20(28-11-4-5-12-28)14-26-22(30)15-29-16-27-23-19-9-2-3-10-21(19)33-24(23)25(29)31/h2-3,6-10,13,16,20H,4-5,11-12,14-15H2,1H3,(H,26,30). The summed E-state index contributed by atoms with van der Waals surface area (Å²) in [6, 6.07) is 15.4. The Kier molecular flexibility index (Phi) is 5.83. The molecule has 4 aromatic rings. The summed E-state index contributed by atoms with van der Waals surface area (Å²) in [7, 11) is 1.65. The molecule has 1 aliphatic heterocycles. The molecule has 0 aliphatic carbocycles. The highest BCUT2D eigenvalue weighted by atomic mass is 16.5. The summed E-state index contributed by atoms with van der Waals surface area (Å²) in [6.07, 6.45) is 3.70. The van der Waals surface area contributed by atoms with Crippen LogP contribution in [0.15, 0.2) is 64.1 Å². The molecule has 1 unspecified atom stereocenters. The third kappa shape index (κ3) is 4.21. The molecule has 0 bridgehead atoms. The van der Waals surface area contributed by atoms with Crippen molar-refractivity contribution in [3.8, 4) is 5.75 Å². The third-order valence-corrected chi connectivity index (χ3v) is 6.22. The van der Waals surface area contributed by atoms with E-state index >= 15 is 0 Å². The number of carbonyl (C=O) groups is 1. The number of nitrogens with one attached hydrogen (secondary N) is 1. The van der Waals surface area contributed by atoms with Crippen LogP contribution in [0.2, 0.25) is 0 Å². The maximum absolute atomic E-state index is 12.9. The van der Waals surface area contributed by atoms with Crippen LogP contribution in [0.25, 0.3) is 22.1 Å². The summed E-state index contributed by atoms with van der Waals surface area (Å²) in [5.41, 5.74) is 2.01. The highest BCUT2D eigenvalue weighted by Crippen LogP contribution is 2.27. The van der Waals surface area contributed by atoms with Gasteiger partial charge in [0.2, 0.25) is 11.5 Å². The zero-order valence-electron chi connectivity index (χ0n) is 18.5. The summed E-state index contributed by atoms with van der Waals surface area (Å²) in [5.74, 6) is 0.543. The molecule has 2 aromatic carbocycles. The van der Waals surface area contributed by atoms with Gasteiger partial charge < -0.3 is 14.5 Å². The second-order valence-electron chi connectivity index (χ2n) is 8.29. The molecule has 0 spiro atoms. The number of furan rings is 1. The fraction of sp³-hybridized carbons (Fsp3) is 0.320. The maximum atomic E-state index is 12.9. The Labute approximate surface area is 190 Å². The van der Waals surface area contributed by atoms with Crippen molar-refractivity contribution in [2.45, 2.75) is 25.4 Å². The number of fused-ring (bicyclic) bond motifs is 3. The van der Waals surface area contributed by atoms with Gasteiger partial charge in [0.05, 0.1) is 19.5 Å². The van der Waals surface area contributed by atoms with Gasteiger partial charge in [0.25, 0.3) is 5.56 Å². The van der Waals surface area contributed by atoms with Crippen LogP contribution >= 0.6 is 0 Å². The largest absolute Gasteiger partial charge is 0.497 e. The fourth-order valence-electron chi connectivity index (χ4n) is 4.51. The number of nitrogens with zero attached hydrogens (tertiary/aromatic N) is 3. The van der Waals surface area contributed by atoms with Crippen molar-refractivity contribution in [2.24, 2.45) is 0 Å². The normalized spacial score (nSPS) is 15.2. The Balaban J connectivity index is 1.33. The lowest BCUT2D eigenvalue weighted by molar-refractivity contribution is -0.122. The summed E-state index contributed by atoms with van der Waals surface area (Å²) in [5, 5.41) is 3.79. The van der Waals surface area contributed by atoms with Crippen LogP contribution in [0.4, 0.5) is 0 Å². The first-order chi connectivity index (χ1) is 16.1. The minimum absolute atomic E-state index is 0.0410. The predicted octanol–water partition coefficient (Wildman–Crippen LogP) is 3.10. The van der Waals surface area contributed by atoms with Crippen molar-refractivity contribution < 1.29 is 13.9 Å². The van der Waals surface area contributed by atoms with E-state index in [0.717, 1.165) is 42.6 Å². The predicted molar refractivity (Wildman–Crippen MR) is 125 cm³/mol. The van der Waals surface area contributed by atoms with Gasteiger partial charge >= 0.3 is 0 Å². The van der Waals surface area contributed by atoms with Crippen LogP contribution in [0.5, 0.6) is 5.75 Å². The first kappa shape index (κ1) is 21.2. The van der Waals surface area contributed by atoms with E-state index in [2.05, 4.69) is 21.3 Å². The molecule has 1 fully saturated rings. The number of benzene rings is 2. The molecular weight excluding hydrogens is 420 g/mol. The van der Waals surface area contributed by atoms with Gasteiger partial charge in [-0.2, -0.15) is 0 Å². The van der Waals surface area contributed by atoms with Gasteiger partial charge in [0.15, 0.2) is 0 Å². The Morgan fingerprint density at radius 3 is 2.82 bits per heavy atom. The molecule has 2 aromatic heterocycles. The van der Waals surface area contributed by atoms with Crippen LogP contribution in [0.1, 0.15) is 24.4 Å². The summed E-state index contributed by atoms with van der Waals surface area (Å²) >= 11 is 0. The molecule has 8 nitrogen and oxygen atoms in total. The van der Waals surface area contributed by atoms with Crippen LogP contribution in [0, 0.1) is 0 Å². The van der Waals surface area contributed by atoms with Crippen molar-refractivity contribution in [2.75, 3.05) is 26.7 Å². The second kappa shape index (κ2) is 9.07. The highest BCUT2D eigenvalue weighted by molar-refractivity contribution is 6.01. The average Bonchev–Trinajstić information content (AvgIpc) is 3.50. The number of hydrogen-bond acceptors (Lipinski definition) is 6. The van der Waals surface area contributed by atoms with Crippen molar-refractivity contribution in [1.29, 1.82) is 0 Å². The average molecular weight is 447 g/mol. The number of carbonyl (C=O) groups excluding carboxylic acids is 1. The minimum atomic E-state index is -0.366. The molecule has 1 aliphatic rings. The number of amides is 1. The van der Waals surface area contributed by atoms with Crippen LogP contribution in [0.3, 0.4) is 0 Å². The number of rotatable bonds is 7. The highest BCUT2D eigenvalue weighted by Gasteiger charge is 2.24. The van der Waals surface area contributed by atoms with Gasteiger partial charge in [0.1, 0.15) is 23.4 Å². The Morgan fingerprint density at radius 1 is 1.18 bits per heavy atom. The zero-order chi connectivity index (χ0) is 22.8. The molecule has 8 heteroatoms. The Bertz CT molecular complexity index is 1350. The number of para-hydroxylation sites is 1. The van der Waals surface area contributed by atoms with Gasteiger partial charge in [0, 0.05) is 11.9 Å². The van der Waals surface area contributed by atoms with Gasteiger partial charge in [-0.3, -0.25) is 19.1 Å². The molecule has 170 valence electrons. The molecule has 5 rings (SSSR count). The van der Waals surface area contributed by atoms with Crippen LogP contribution in [-0.4, -0.2) is 47.1 Å². The first-order valence-electron chi connectivity index (χ1n) is 11.2. The number of likely N-dealkylation sites (tertiary alicyclic amines) is 1. The number of hydrogen-bond donors (Lipinski definition) is 1. The van der Waals surface area contributed by atoms with E-state index in [1.807, 2.05) is 36.4 Å². The maximum Gasteiger partial charge on any atom is 0.297 e. The molecule has 1 saturated heterocycles. The fourth-order valence-corrected chi connectivity index (χ4v) is 4.51. The molecule has 1 N–H and O–H groups in total. The SMILES string of the molecule is COc1cccc(C(CNC(=O)Cn2cnc3c(oc4ccccc43)c2=O)N2CCCC2)c1. The topological polar surface area (TPSA) is 89.6 Å². The molecule has 1 amide bonds. The van der Waals surface area contributed by atoms with E-state index in [1.165, 1.54) is 10.9 Å². The quantitative estimate of drug-likeness (QED) is 0.469. The number of ether oxygens (including phenoxy) is 1. The number of methoxy groups -OCH3 is 1. The second-order valence-corrected chi connectivity index (χ2v) is 8.29. The zero-order valence-corrected chi connectivity index (χ0v) is 18.5. The van der Waals surface area contributed by atoms with Gasteiger partial charge in [-0.05, 0) is 55.8 Å². The lowest BCUT2D eigenvalue weighted by atomic mass is 10.0. The molecule has 1 atom stereocenters. The van der Waals surface area contributed by atoms with Crippen molar-refractivity contribution in [3.05, 3.63) is 70.8 Å². The van der Waals surface area contributed by atoms with E-state index in [0.29, 0.717) is 17.6 Å². The van der Waals surface area contributed by atoms with E-state index in [1.54, 1.807) is 13.2 Å². The van der Waals surface area contributed by atoms with Gasteiger partial charge in [-0.25, -0.2) is 4.98 Å². The summed E-state index contributed by atoms with van der Waals surface area (Å²) in [6.45, 7) is 2.30. The van der Waals surface area contributed by atoms with E-state index < -0.39 is 0 Å². The van der Waals surface area contributed by atoms with Gasteiger partial charge in [-0.15, -0.1) is 0 Å². The summed E-state index contributed by atoms with van der Waals surface area (Å²) in [4.78, 5) is 32.4. The summed E-state index contributed by atoms with van der Waals surface area (Å²) < 4.78 is 12.4. The first-order valence-corrected chi connectivity index (χ1v) is 11.2. The Morgan fingerprint density at radius 2 is 2.00 bits per heavy atom. The lowest BCUT2D eigenvalue weighted by Gasteiger charge is -2.28. The molecular formula is C25H26N4O4. The smallest absolute Gasteiger partial charge is 0.297 e. The van der Waals surface area contributed by atoms with E-state index in [9.17, 15) is 9.59 Å². The molecule has 33 heavy (non-hydrogen) atoms. The van der Waals surface area contributed by atoms with Crippen LogP contribution < -0.4 is 15.6 Å². The van der Waals surface area contributed by atoms with Gasteiger partial charge in [-0.1, -0.05) is 24.3 Å². The molecule has 0 saturated carbocycles. The lowest BCUT2D eigenvalue weighted by Crippen LogP contribution is -2.39. The monoisotopic (exact) mass is 446 g/mol. The molecule has 3 heterocycles.